The number of carbonyl (C=O) groups excluding carboxylic acids is 1. The minimum atomic E-state index is -0.479. The van der Waals surface area contributed by atoms with E-state index in [4.69, 9.17) is 16.3 Å². The van der Waals surface area contributed by atoms with Gasteiger partial charge in [0, 0.05) is 17.9 Å². The summed E-state index contributed by atoms with van der Waals surface area (Å²) in [7, 11) is 1.56. The third-order valence-corrected chi connectivity index (χ3v) is 5.11. The smallest absolute Gasteiger partial charge is 0.246 e. The van der Waals surface area contributed by atoms with Gasteiger partial charge in [-0.15, -0.1) is 0 Å². The molecule has 1 atom stereocenters. The topological polar surface area (TPSA) is 68.2 Å². The zero-order valence-corrected chi connectivity index (χ0v) is 18.2. The number of aromatic nitrogens is 2. The molecule has 0 spiro atoms. The predicted octanol–water partition coefficient (Wildman–Crippen LogP) is 4.52. The fraction of sp³-hybridized carbons (Fsp3) is 0.304. The van der Waals surface area contributed by atoms with Gasteiger partial charge in [-0.25, -0.2) is 0 Å². The molecule has 30 heavy (non-hydrogen) atoms. The lowest BCUT2D eigenvalue weighted by atomic mass is 10.1. The van der Waals surface area contributed by atoms with E-state index < -0.39 is 6.04 Å². The second-order valence-electron chi connectivity index (χ2n) is 7.14. The van der Waals surface area contributed by atoms with Crippen molar-refractivity contribution in [3.63, 3.8) is 0 Å². The molecule has 3 rings (SSSR count). The second kappa shape index (κ2) is 10.3. The molecular formula is C23H27ClN4O2. The molecule has 2 aromatic carbocycles. The molecule has 1 heterocycles. The maximum Gasteiger partial charge on any atom is 0.246 e. The summed E-state index contributed by atoms with van der Waals surface area (Å²) >= 11 is 6.18. The van der Waals surface area contributed by atoms with Crippen LogP contribution in [0.4, 0.5) is 5.69 Å². The highest BCUT2D eigenvalue weighted by atomic mass is 35.5. The third kappa shape index (κ3) is 5.62. The number of hydrogen-bond donors (Lipinski definition) is 2. The van der Waals surface area contributed by atoms with Crippen LogP contribution in [0.25, 0.3) is 0 Å². The Labute approximate surface area is 182 Å². The summed E-state index contributed by atoms with van der Waals surface area (Å²) in [5, 5.41) is 11.3. The fourth-order valence-electron chi connectivity index (χ4n) is 3.34. The monoisotopic (exact) mass is 426 g/mol. The lowest BCUT2D eigenvalue weighted by Gasteiger charge is -2.19. The van der Waals surface area contributed by atoms with Crippen LogP contribution in [-0.4, -0.2) is 29.3 Å². The molecule has 0 saturated heterocycles. The summed E-state index contributed by atoms with van der Waals surface area (Å²) < 4.78 is 7.16. The summed E-state index contributed by atoms with van der Waals surface area (Å²) in [6.45, 7) is 5.51. The fourth-order valence-corrected chi connectivity index (χ4v) is 3.60. The Balaban J connectivity index is 1.65. The van der Waals surface area contributed by atoms with E-state index >= 15 is 0 Å². The van der Waals surface area contributed by atoms with Crippen molar-refractivity contribution >= 4 is 23.2 Å². The number of methoxy groups -OCH3 is 1. The molecule has 0 aliphatic heterocycles. The number of amides is 1. The first-order valence-electron chi connectivity index (χ1n) is 9.91. The predicted molar refractivity (Wildman–Crippen MR) is 120 cm³/mol. The highest BCUT2D eigenvalue weighted by Crippen LogP contribution is 2.27. The number of ether oxygens (including phenoxy) is 1. The van der Waals surface area contributed by atoms with E-state index in [-0.39, 0.29) is 5.91 Å². The molecular weight excluding hydrogens is 400 g/mol. The van der Waals surface area contributed by atoms with Crippen molar-refractivity contribution in [3.8, 4) is 5.75 Å². The van der Waals surface area contributed by atoms with Gasteiger partial charge in [0.1, 0.15) is 11.8 Å². The normalized spacial score (nSPS) is 11.9. The SMILES string of the molecule is COc1ccc(NC(=O)[C@@H](NCCCn2nc(C)cc2C)c2ccccc2)cc1Cl. The minimum absolute atomic E-state index is 0.145. The molecule has 0 saturated carbocycles. The van der Waals surface area contributed by atoms with Crippen LogP contribution in [0.5, 0.6) is 5.75 Å². The molecule has 0 aliphatic rings. The number of carbonyl (C=O) groups is 1. The minimum Gasteiger partial charge on any atom is -0.495 e. The maximum absolute atomic E-state index is 13.0. The van der Waals surface area contributed by atoms with E-state index in [1.54, 1.807) is 25.3 Å². The molecule has 0 radical (unpaired) electrons. The number of nitrogens with one attached hydrogen (secondary N) is 2. The van der Waals surface area contributed by atoms with Gasteiger partial charge < -0.3 is 15.4 Å². The highest BCUT2D eigenvalue weighted by molar-refractivity contribution is 6.32. The number of halogens is 1. The molecule has 1 aromatic heterocycles. The van der Waals surface area contributed by atoms with Crippen molar-refractivity contribution in [3.05, 3.63) is 76.6 Å². The quantitative estimate of drug-likeness (QED) is 0.493. The summed E-state index contributed by atoms with van der Waals surface area (Å²) in [6, 6.07) is 16.5. The molecule has 0 fully saturated rings. The van der Waals surface area contributed by atoms with Crippen LogP contribution in [0.15, 0.2) is 54.6 Å². The van der Waals surface area contributed by atoms with E-state index in [2.05, 4.69) is 21.8 Å². The van der Waals surface area contributed by atoms with Gasteiger partial charge in [0.2, 0.25) is 5.91 Å². The Morgan fingerprint density at radius 2 is 1.93 bits per heavy atom. The zero-order valence-electron chi connectivity index (χ0n) is 17.5. The first-order chi connectivity index (χ1) is 14.5. The average molecular weight is 427 g/mol. The van der Waals surface area contributed by atoms with Crippen LogP contribution < -0.4 is 15.4 Å². The van der Waals surface area contributed by atoms with Crippen LogP contribution in [0, 0.1) is 13.8 Å². The van der Waals surface area contributed by atoms with Crippen LogP contribution in [0.3, 0.4) is 0 Å². The van der Waals surface area contributed by atoms with Crippen molar-refractivity contribution < 1.29 is 9.53 Å². The average Bonchev–Trinajstić information content (AvgIpc) is 3.05. The third-order valence-electron chi connectivity index (χ3n) is 4.81. The molecule has 6 nitrogen and oxygen atoms in total. The standard InChI is InChI=1S/C23H27ClN4O2/c1-16-14-17(2)28(27-16)13-7-12-25-22(18-8-5-4-6-9-18)23(29)26-19-10-11-21(30-3)20(24)15-19/h4-6,8-11,14-15,22,25H,7,12-13H2,1-3H3,(H,26,29)/t22-/m0/s1. The lowest BCUT2D eigenvalue weighted by molar-refractivity contribution is -0.118. The number of nitrogens with zero attached hydrogens (tertiary/aromatic N) is 2. The number of hydrogen-bond acceptors (Lipinski definition) is 4. The molecule has 1 amide bonds. The van der Waals surface area contributed by atoms with E-state index in [9.17, 15) is 4.79 Å². The molecule has 158 valence electrons. The summed E-state index contributed by atoms with van der Waals surface area (Å²) in [6.07, 6.45) is 0.854. The first kappa shape index (κ1) is 21.9. The molecule has 2 N–H and O–H groups in total. The van der Waals surface area contributed by atoms with E-state index in [0.29, 0.717) is 23.0 Å². The van der Waals surface area contributed by atoms with Gasteiger partial charge in [0.15, 0.2) is 0 Å². The maximum atomic E-state index is 13.0. The zero-order chi connectivity index (χ0) is 21.5. The summed E-state index contributed by atoms with van der Waals surface area (Å²) in [5.41, 5.74) is 3.68. The molecule has 7 heteroatoms. The van der Waals surface area contributed by atoms with Gasteiger partial charge in [-0.3, -0.25) is 9.48 Å². The number of benzene rings is 2. The Morgan fingerprint density at radius 1 is 1.17 bits per heavy atom. The van der Waals surface area contributed by atoms with Gasteiger partial charge in [-0.2, -0.15) is 5.10 Å². The van der Waals surface area contributed by atoms with E-state index in [1.807, 2.05) is 48.9 Å². The molecule has 0 unspecified atom stereocenters. The molecule has 3 aromatic rings. The number of rotatable bonds is 9. The van der Waals surface area contributed by atoms with Crippen LogP contribution in [-0.2, 0) is 11.3 Å². The van der Waals surface area contributed by atoms with Crippen molar-refractivity contribution in [2.45, 2.75) is 32.9 Å². The lowest BCUT2D eigenvalue weighted by Crippen LogP contribution is -2.34. The van der Waals surface area contributed by atoms with Gasteiger partial charge in [-0.05, 0) is 56.6 Å². The van der Waals surface area contributed by atoms with Gasteiger partial charge in [0.05, 0.1) is 17.8 Å². The van der Waals surface area contributed by atoms with Gasteiger partial charge in [-0.1, -0.05) is 41.9 Å². The van der Waals surface area contributed by atoms with Gasteiger partial charge >= 0.3 is 0 Å². The van der Waals surface area contributed by atoms with Crippen LogP contribution in [0.2, 0.25) is 5.02 Å². The summed E-state index contributed by atoms with van der Waals surface area (Å²) in [5.74, 6) is 0.421. The molecule has 0 aliphatic carbocycles. The Hall–Kier alpha value is -2.83. The first-order valence-corrected chi connectivity index (χ1v) is 10.3. The van der Waals surface area contributed by atoms with Crippen molar-refractivity contribution in [1.29, 1.82) is 0 Å². The van der Waals surface area contributed by atoms with Crippen LogP contribution >= 0.6 is 11.6 Å². The van der Waals surface area contributed by atoms with Crippen molar-refractivity contribution in [2.24, 2.45) is 0 Å². The number of aryl methyl sites for hydroxylation is 3. The van der Waals surface area contributed by atoms with Gasteiger partial charge in [0.25, 0.3) is 0 Å². The largest absolute Gasteiger partial charge is 0.495 e. The van der Waals surface area contributed by atoms with Crippen molar-refractivity contribution in [1.82, 2.24) is 15.1 Å². The Bertz CT molecular complexity index is 988. The second-order valence-corrected chi connectivity index (χ2v) is 7.55. The van der Waals surface area contributed by atoms with Crippen molar-refractivity contribution in [2.75, 3.05) is 19.0 Å². The number of anilines is 1. The van der Waals surface area contributed by atoms with E-state index in [0.717, 1.165) is 29.9 Å². The van der Waals surface area contributed by atoms with E-state index in [1.165, 1.54) is 0 Å². The highest BCUT2D eigenvalue weighted by Gasteiger charge is 2.20. The van der Waals surface area contributed by atoms with Crippen LogP contribution in [0.1, 0.15) is 29.4 Å². The Kier molecular flexibility index (Phi) is 7.49. The summed E-state index contributed by atoms with van der Waals surface area (Å²) in [4.78, 5) is 13.0. The molecule has 0 bridgehead atoms. The Morgan fingerprint density at radius 3 is 2.57 bits per heavy atom.